The molecule has 0 radical (unpaired) electrons. The highest BCUT2D eigenvalue weighted by Crippen LogP contribution is 2.27. The minimum atomic E-state index is -0.319. The molecule has 0 saturated heterocycles. The van der Waals surface area contributed by atoms with Crippen molar-refractivity contribution in [1.82, 2.24) is 5.43 Å². The van der Waals surface area contributed by atoms with Gasteiger partial charge in [-0.2, -0.15) is 5.10 Å². The maximum Gasteiger partial charge on any atom is 0.271 e. The molecule has 0 fully saturated rings. The minimum Gasteiger partial charge on any atom is -0.489 e. The van der Waals surface area contributed by atoms with Crippen LogP contribution in [0.1, 0.15) is 32.6 Å². The van der Waals surface area contributed by atoms with Gasteiger partial charge in [0.2, 0.25) is 0 Å². The van der Waals surface area contributed by atoms with E-state index in [-0.39, 0.29) is 5.91 Å². The average molecular weight is 535 g/mol. The molecule has 0 heterocycles. The average Bonchev–Trinajstić information content (AvgIpc) is 2.97. The summed E-state index contributed by atoms with van der Waals surface area (Å²) in [7, 11) is 0. The predicted octanol–water partition coefficient (Wildman–Crippen LogP) is 7.72. The van der Waals surface area contributed by atoms with Crippen molar-refractivity contribution < 1.29 is 14.3 Å². The molecule has 0 bridgehead atoms. The molecule has 0 aliphatic heterocycles. The van der Waals surface area contributed by atoms with E-state index in [2.05, 4.69) is 29.6 Å². The first-order chi connectivity index (χ1) is 19.0. The van der Waals surface area contributed by atoms with Crippen molar-refractivity contribution in [2.45, 2.75) is 20.1 Å². The number of nitrogens with one attached hydrogen (secondary N) is 1. The summed E-state index contributed by atoms with van der Waals surface area (Å²) in [5, 5.41) is 6.94. The smallest absolute Gasteiger partial charge is 0.271 e. The van der Waals surface area contributed by atoms with Crippen molar-refractivity contribution >= 4 is 34.5 Å². The van der Waals surface area contributed by atoms with Gasteiger partial charge in [0.05, 0.1) is 6.21 Å². The number of carbonyl (C=O) groups is 1. The summed E-state index contributed by atoms with van der Waals surface area (Å²) in [4.78, 5) is 12.7. The van der Waals surface area contributed by atoms with Crippen molar-refractivity contribution in [2.75, 3.05) is 0 Å². The van der Waals surface area contributed by atoms with Crippen LogP contribution in [0.3, 0.4) is 0 Å². The predicted molar refractivity (Wildman–Crippen MR) is 157 cm³/mol. The molecule has 0 aliphatic carbocycles. The van der Waals surface area contributed by atoms with Crippen molar-refractivity contribution in [3.05, 3.63) is 142 Å². The van der Waals surface area contributed by atoms with Gasteiger partial charge in [0.25, 0.3) is 5.91 Å². The standard InChI is InChI=1S/C33H27ClN2O3/c1-23-6-8-24(9-7-23)21-38-29-17-12-27(13-18-29)33(37)36-35-20-31-30-5-3-2-4-26(30)14-19-32(31)39-22-25-10-15-28(34)16-11-25/h2-20H,21-22H2,1H3,(H,36,37)/b35-20-. The Hall–Kier alpha value is -4.61. The van der Waals surface area contributed by atoms with Crippen LogP contribution in [-0.2, 0) is 13.2 Å². The summed E-state index contributed by atoms with van der Waals surface area (Å²) >= 11 is 6.00. The molecule has 1 N–H and O–H groups in total. The first-order valence-electron chi connectivity index (χ1n) is 12.6. The Kier molecular flexibility index (Phi) is 8.20. The lowest BCUT2D eigenvalue weighted by Crippen LogP contribution is -2.17. The summed E-state index contributed by atoms with van der Waals surface area (Å²) in [6.07, 6.45) is 1.62. The Morgan fingerprint density at radius 2 is 1.46 bits per heavy atom. The minimum absolute atomic E-state index is 0.319. The van der Waals surface area contributed by atoms with Crippen LogP contribution in [0.15, 0.2) is 114 Å². The number of hydrazone groups is 1. The fraction of sp³-hybridized carbons (Fsp3) is 0.0909. The molecule has 5 aromatic rings. The number of amides is 1. The molecule has 0 unspecified atom stereocenters. The van der Waals surface area contributed by atoms with Crippen LogP contribution in [-0.4, -0.2) is 12.1 Å². The van der Waals surface area contributed by atoms with Gasteiger partial charge < -0.3 is 9.47 Å². The largest absolute Gasteiger partial charge is 0.489 e. The number of aryl methyl sites for hydroxylation is 1. The molecule has 1 amide bonds. The summed E-state index contributed by atoms with van der Waals surface area (Å²) in [6.45, 7) is 2.89. The van der Waals surface area contributed by atoms with Crippen LogP contribution in [0.4, 0.5) is 0 Å². The number of hydrogen-bond acceptors (Lipinski definition) is 4. The van der Waals surface area contributed by atoms with E-state index in [0.717, 1.165) is 27.5 Å². The van der Waals surface area contributed by atoms with Gasteiger partial charge in [0.1, 0.15) is 24.7 Å². The van der Waals surface area contributed by atoms with Gasteiger partial charge >= 0.3 is 0 Å². The molecule has 0 atom stereocenters. The quantitative estimate of drug-likeness (QED) is 0.155. The number of fused-ring (bicyclic) bond motifs is 1. The third-order valence-electron chi connectivity index (χ3n) is 6.24. The van der Waals surface area contributed by atoms with Crippen LogP contribution in [0, 0.1) is 6.92 Å². The molecule has 0 aromatic heterocycles. The van der Waals surface area contributed by atoms with E-state index in [1.54, 1.807) is 30.5 Å². The molecule has 194 valence electrons. The molecule has 5 aromatic carbocycles. The van der Waals surface area contributed by atoms with Crippen LogP contribution in [0.25, 0.3) is 10.8 Å². The lowest BCUT2D eigenvalue weighted by molar-refractivity contribution is 0.0955. The number of nitrogens with zero attached hydrogens (tertiary/aromatic N) is 1. The van der Waals surface area contributed by atoms with Crippen LogP contribution < -0.4 is 14.9 Å². The third kappa shape index (κ3) is 6.83. The Morgan fingerprint density at radius 3 is 2.21 bits per heavy atom. The highest BCUT2D eigenvalue weighted by atomic mass is 35.5. The maximum atomic E-state index is 12.7. The van der Waals surface area contributed by atoms with Gasteiger partial charge in [-0.05, 0) is 71.3 Å². The summed E-state index contributed by atoms with van der Waals surface area (Å²) < 4.78 is 12.0. The van der Waals surface area contributed by atoms with Crippen molar-refractivity contribution in [1.29, 1.82) is 0 Å². The van der Waals surface area contributed by atoms with Crippen LogP contribution >= 0.6 is 11.6 Å². The van der Waals surface area contributed by atoms with E-state index in [9.17, 15) is 4.79 Å². The fourth-order valence-corrected chi connectivity index (χ4v) is 4.18. The van der Waals surface area contributed by atoms with Crippen molar-refractivity contribution in [3.8, 4) is 11.5 Å². The third-order valence-corrected chi connectivity index (χ3v) is 6.49. The first-order valence-corrected chi connectivity index (χ1v) is 12.9. The SMILES string of the molecule is Cc1ccc(COc2ccc(C(=O)N/N=C\c3c(OCc4ccc(Cl)cc4)ccc4ccccc34)cc2)cc1. The maximum absolute atomic E-state index is 12.7. The number of ether oxygens (including phenoxy) is 2. The normalized spacial score (nSPS) is 11.0. The fourth-order valence-electron chi connectivity index (χ4n) is 4.05. The molecule has 0 saturated carbocycles. The highest BCUT2D eigenvalue weighted by molar-refractivity contribution is 6.30. The monoisotopic (exact) mass is 534 g/mol. The van der Waals surface area contributed by atoms with Crippen LogP contribution in [0.2, 0.25) is 5.02 Å². The van der Waals surface area contributed by atoms with Crippen LogP contribution in [0.5, 0.6) is 11.5 Å². The van der Waals surface area contributed by atoms with Crippen molar-refractivity contribution in [2.24, 2.45) is 5.10 Å². The Morgan fingerprint density at radius 1 is 0.795 bits per heavy atom. The molecule has 0 spiro atoms. The number of benzene rings is 5. The van der Waals surface area contributed by atoms with Gasteiger partial charge in [-0.25, -0.2) is 5.43 Å². The zero-order chi connectivity index (χ0) is 27.0. The lowest BCUT2D eigenvalue weighted by Gasteiger charge is -2.12. The molecule has 5 rings (SSSR count). The number of rotatable bonds is 9. The van der Waals surface area contributed by atoms with Gasteiger partial charge in [-0.1, -0.05) is 83.9 Å². The Bertz CT molecular complexity index is 1600. The van der Waals surface area contributed by atoms with E-state index in [4.69, 9.17) is 21.1 Å². The van der Waals surface area contributed by atoms with E-state index < -0.39 is 0 Å². The van der Waals surface area contributed by atoms with Crippen molar-refractivity contribution in [3.63, 3.8) is 0 Å². The molecular weight excluding hydrogens is 508 g/mol. The second-order valence-corrected chi connectivity index (χ2v) is 9.55. The highest BCUT2D eigenvalue weighted by Gasteiger charge is 2.09. The second-order valence-electron chi connectivity index (χ2n) is 9.11. The summed E-state index contributed by atoms with van der Waals surface area (Å²) in [5.41, 5.74) is 7.17. The molecular formula is C33H27ClN2O3. The zero-order valence-corrected chi connectivity index (χ0v) is 22.2. The van der Waals surface area contributed by atoms with Gasteiger partial charge in [0.15, 0.2) is 0 Å². The van der Waals surface area contributed by atoms with E-state index >= 15 is 0 Å². The first kappa shape index (κ1) is 26.0. The van der Waals surface area contributed by atoms with Gasteiger partial charge in [-0.15, -0.1) is 0 Å². The van der Waals surface area contributed by atoms with E-state index in [0.29, 0.717) is 35.3 Å². The summed E-state index contributed by atoms with van der Waals surface area (Å²) in [6, 6.07) is 34.6. The van der Waals surface area contributed by atoms with E-state index in [1.807, 2.05) is 72.8 Å². The number of carbonyl (C=O) groups excluding carboxylic acids is 1. The zero-order valence-electron chi connectivity index (χ0n) is 21.4. The number of hydrogen-bond donors (Lipinski definition) is 1. The topological polar surface area (TPSA) is 59.9 Å². The Balaban J connectivity index is 1.25. The Labute approximate surface area is 232 Å². The molecule has 5 nitrogen and oxygen atoms in total. The van der Waals surface area contributed by atoms with Gasteiger partial charge in [0, 0.05) is 16.1 Å². The second kappa shape index (κ2) is 12.3. The van der Waals surface area contributed by atoms with Gasteiger partial charge in [-0.3, -0.25) is 4.79 Å². The lowest BCUT2D eigenvalue weighted by atomic mass is 10.0. The number of halogens is 1. The molecule has 6 heteroatoms. The summed E-state index contributed by atoms with van der Waals surface area (Å²) in [5.74, 6) is 1.03. The van der Waals surface area contributed by atoms with E-state index in [1.165, 1.54) is 5.56 Å². The molecule has 39 heavy (non-hydrogen) atoms. The molecule has 0 aliphatic rings.